The minimum absolute atomic E-state index is 0.550. The van der Waals surface area contributed by atoms with Crippen LogP contribution in [0.4, 0.5) is 0 Å². The van der Waals surface area contributed by atoms with Crippen LogP contribution in [0, 0.1) is 0 Å². The number of hydrogen-bond acceptors (Lipinski definition) is 5. The van der Waals surface area contributed by atoms with Crippen LogP contribution >= 0.6 is 25.3 Å². The Bertz CT molecular complexity index is 174. The van der Waals surface area contributed by atoms with Gasteiger partial charge in [0.1, 0.15) is 0 Å². The summed E-state index contributed by atoms with van der Waals surface area (Å²) in [6, 6.07) is 1.73. The lowest BCUT2D eigenvalue weighted by atomic mass is 10.2. The van der Waals surface area contributed by atoms with Gasteiger partial charge in [-0.2, -0.15) is 25.3 Å². The SMILES string of the molecule is CC(C)N1C[C@@H](NCCS)[C@H](NCCS)C1. The van der Waals surface area contributed by atoms with Gasteiger partial charge in [0.2, 0.25) is 0 Å². The predicted molar refractivity (Wildman–Crippen MR) is 78.0 cm³/mol. The Balaban J connectivity index is 2.42. The first-order chi connectivity index (χ1) is 7.69. The molecule has 2 atom stereocenters. The van der Waals surface area contributed by atoms with Gasteiger partial charge in [0, 0.05) is 55.8 Å². The second kappa shape index (κ2) is 7.82. The van der Waals surface area contributed by atoms with Gasteiger partial charge < -0.3 is 10.6 Å². The highest BCUT2D eigenvalue weighted by molar-refractivity contribution is 7.80. The summed E-state index contributed by atoms with van der Waals surface area (Å²) < 4.78 is 0. The van der Waals surface area contributed by atoms with Gasteiger partial charge in [-0.3, -0.25) is 4.90 Å². The molecule has 0 aromatic heterocycles. The van der Waals surface area contributed by atoms with E-state index in [-0.39, 0.29) is 0 Å². The molecule has 0 aromatic carbocycles. The van der Waals surface area contributed by atoms with Crippen LogP contribution in [0.3, 0.4) is 0 Å². The lowest BCUT2D eigenvalue weighted by Gasteiger charge is -2.20. The third kappa shape index (κ3) is 4.45. The molecule has 0 aliphatic carbocycles. The average Bonchev–Trinajstić information content (AvgIpc) is 2.67. The van der Waals surface area contributed by atoms with E-state index >= 15 is 0 Å². The number of nitrogens with one attached hydrogen (secondary N) is 2. The van der Waals surface area contributed by atoms with E-state index in [0.717, 1.165) is 37.7 Å². The minimum Gasteiger partial charge on any atom is -0.310 e. The normalized spacial score (nSPS) is 26.8. The van der Waals surface area contributed by atoms with Crippen LogP contribution in [0.1, 0.15) is 13.8 Å². The van der Waals surface area contributed by atoms with Crippen LogP contribution < -0.4 is 10.6 Å². The Morgan fingerprint density at radius 3 is 1.81 bits per heavy atom. The highest BCUT2D eigenvalue weighted by Crippen LogP contribution is 2.13. The van der Waals surface area contributed by atoms with Gasteiger partial charge in [0.25, 0.3) is 0 Å². The first-order valence-corrected chi connectivity index (χ1v) is 7.38. The van der Waals surface area contributed by atoms with Crippen LogP contribution in [-0.4, -0.2) is 60.7 Å². The molecular weight excluding hydrogens is 238 g/mol. The summed E-state index contributed by atoms with van der Waals surface area (Å²) in [6.45, 7) is 8.76. The van der Waals surface area contributed by atoms with E-state index in [1.807, 2.05) is 0 Å². The first-order valence-electron chi connectivity index (χ1n) is 6.11. The Morgan fingerprint density at radius 1 is 1.06 bits per heavy atom. The molecular formula is C11H25N3S2. The molecule has 0 aromatic rings. The molecule has 1 aliphatic heterocycles. The third-order valence-electron chi connectivity index (χ3n) is 3.12. The standard InChI is InChI=1S/C11H25N3S2/c1-9(2)14-7-10(12-3-5-15)11(8-14)13-4-6-16/h9-13,15-16H,3-8H2,1-2H3/t10-,11-/m1/s1. The fourth-order valence-electron chi connectivity index (χ4n) is 2.17. The van der Waals surface area contributed by atoms with Crippen molar-refractivity contribution < 1.29 is 0 Å². The molecule has 2 N–H and O–H groups in total. The van der Waals surface area contributed by atoms with E-state index in [1.165, 1.54) is 0 Å². The van der Waals surface area contributed by atoms with E-state index in [1.54, 1.807) is 0 Å². The maximum Gasteiger partial charge on any atom is 0.0362 e. The smallest absolute Gasteiger partial charge is 0.0362 e. The summed E-state index contributed by atoms with van der Waals surface area (Å²) in [5.74, 6) is 1.80. The topological polar surface area (TPSA) is 27.3 Å². The van der Waals surface area contributed by atoms with Gasteiger partial charge in [-0.1, -0.05) is 0 Å². The second-order valence-corrected chi connectivity index (χ2v) is 5.51. The molecule has 1 rings (SSSR count). The lowest BCUT2D eigenvalue weighted by Crippen LogP contribution is -2.48. The lowest BCUT2D eigenvalue weighted by molar-refractivity contribution is 0.265. The molecule has 0 amide bonds. The molecule has 1 fully saturated rings. The molecule has 0 radical (unpaired) electrons. The Labute approximate surface area is 111 Å². The van der Waals surface area contributed by atoms with Gasteiger partial charge in [-0.05, 0) is 13.8 Å². The van der Waals surface area contributed by atoms with Crippen LogP contribution in [0.2, 0.25) is 0 Å². The Kier molecular flexibility index (Phi) is 7.16. The maximum absolute atomic E-state index is 4.25. The number of likely N-dealkylation sites (tertiary alicyclic amines) is 1. The van der Waals surface area contributed by atoms with Crippen molar-refractivity contribution in [3.05, 3.63) is 0 Å². The monoisotopic (exact) mass is 263 g/mol. The van der Waals surface area contributed by atoms with Crippen LogP contribution in [0.15, 0.2) is 0 Å². The van der Waals surface area contributed by atoms with Crippen molar-refractivity contribution >= 4 is 25.3 Å². The molecule has 0 saturated carbocycles. The van der Waals surface area contributed by atoms with Gasteiger partial charge in [0.05, 0.1) is 0 Å². The van der Waals surface area contributed by atoms with Crippen molar-refractivity contribution in [1.29, 1.82) is 0 Å². The van der Waals surface area contributed by atoms with Crippen molar-refractivity contribution in [2.75, 3.05) is 37.7 Å². The van der Waals surface area contributed by atoms with Crippen LogP contribution in [-0.2, 0) is 0 Å². The van der Waals surface area contributed by atoms with Crippen molar-refractivity contribution in [1.82, 2.24) is 15.5 Å². The number of nitrogens with zero attached hydrogens (tertiary/aromatic N) is 1. The van der Waals surface area contributed by atoms with Gasteiger partial charge in [-0.15, -0.1) is 0 Å². The molecule has 96 valence electrons. The zero-order chi connectivity index (χ0) is 12.0. The van der Waals surface area contributed by atoms with Crippen molar-refractivity contribution in [2.24, 2.45) is 0 Å². The third-order valence-corrected chi connectivity index (χ3v) is 3.56. The maximum atomic E-state index is 4.25. The zero-order valence-electron chi connectivity index (χ0n) is 10.3. The summed E-state index contributed by atoms with van der Waals surface area (Å²) >= 11 is 8.50. The summed E-state index contributed by atoms with van der Waals surface area (Å²) in [5.41, 5.74) is 0. The summed E-state index contributed by atoms with van der Waals surface area (Å²) in [4.78, 5) is 2.52. The van der Waals surface area contributed by atoms with E-state index in [9.17, 15) is 0 Å². The molecule has 3 nitrogen and oxygen atoms in total. The number of thiol groups is 2. The quantitative estimate of drug-likeness (QED) is 0.504. The van der Waals surface area contributed by atoms with Gasteiger partial charge in [0.15, 0.2) is 0 Å². The molecule has 0 spiro atoms. The fourth-order valence-corrected chi connectivity index (χ4v) is 2.43. The molecule has 0 unspecified atom stereocenters. The second-order valence-electron chi connectivity index (χ2n) is 4.62. The van der Waals surface area contributed by atoms with Gasteiger partial charge >= 0.3 is 0 Å². The molecule has 16 heavy (non-hydrogen) atoms. The van der Waals surface area contributed by atoms with E-state index in [0.29, 0.717) is 18.1 Å². The van der Waals surface area contributed by atoms with Gasteiger partial charge in [-0.25, -0.2) is 0 Å². The Hall–Kier alpha value is 0.580. The van der Waals surface area contributed by atoms with Crippen molar-refractivity contribution in [2.45, 2.75) is 32.0 Å². The van der Waals surface area contributed by atoms with Crippen molar-refractivity contribution in [3.8, 4) is 0 Å². The Morgan fingerprint density at radius 2 is 1.50 bits per heavy atom. The first kappa shape index (κ1) is 14.6. The molecule has 5 heteroatoms. The van der Waals surface area contributed by atoms with Crippen LogP contribution in [0.5, 0.6) is 0 Å². The minimum atomic E-state index is 0.550. The van der Waals surface area contributed by atoms with Crippen LogP contribution in [0.25, 0.3) is 0 Å². The summed E-state index contributed by atoms with van der Waals surface area (Å²) in [6.07, 6.45) is 0. The summed E-state index contributed by atoms with van der Waals surface area (Å²) in [7, 11) is 0. The molecule has 1 saturated heterocycles. The highest BCUT2D eigenvalue weighted by atomic mass is 32.1. The van der Waals surface area contributed by atoms with E-state index in [2.05, 4.69) is 54.6 Å². The fraction of sp³-hybridized carbons (Fsp3) is 1.00. The average molecular weight is 263 g/mol. The van der Waals surface area contributed by atoms with Crippen molar-refractivity contribution in [3.63, 3.8) is 0 Å². The van der Waals surface area contributed by atoms with E-state index in [4.69, 9.17) is 0 Å². The molecule has 1 aliphatic rings. The molecule has 0 bridgehead atoms. The summed E-state index contributed by atoms with van der Waals surface area (Å²) in [5, 5.41) is 7.14. The van der Waals surface area contributed by atoms with E-state index < -0.39 is 0 Å². The zero-order valence-corrected chi connectivity index (χ0v) is 12.1. The number of rotatable bonds is 7. The predicted octanol–water partition coefficient (Wildman–Crippen LogP) is 0.486. The largest absolute Gasteiger partial charge is 0.310 e. The highest BCUT2D eigenvalue weighted by Gasteiger charge is 2.32. The molecule has 1 heterocycles. The number of hydrogen-bond donors (Lipinski definition) is 4.